The third-order valence-corrected chi connectivity index (χ3v) is 12.3. The number of anilines is 3. The molecule has 12 aromatic rings. The van der Waals surface area contributed by atoms with Gasteiger partial charge < -0.3 is 14.1 Å². The van der Waals surface area contributed by atoms with Gasteiger partial charge in [-0.05, 0) is 89.0 Å². The van der Waals surface area contributed by atoms with Crippen LogP contribution in [-0.4, -0.2) is 19.5 Å². The van der Waals surface area contributed by atoms with Gasteiger partial charge in [0, 0.05) is 38.4 Å². The van der Waals surface area contributed by atoms with E-state index < -0.39 is 0 Å². The van der Waals surface area contributed by atoms with Crippen molar-refractivity contribution in [3.05, 3.63) is 212 Å². The SMILES string of the molecule is c1ccc(-c2ccc(-c3nc(-c4ccccc4)nc(-n4c5ccccc5c5cc(-c6ccc7c(c6)Oc6ccccc6N7c6ccc7oc8ccccc8c7c6)ccc54)n3)cc2)cc1. The molecular formula is C57H35N5O2. The number of hydrogen-bond donors (Lipinski definition) is 0. The molecule has 0 fully saturated rings. The minimum Gasteiger partial charge on any atom is -0.456 e. The van der Waals surface area contributed by atoms with Gasteiger partial charge >= 0.3 is 0 Å². The molecule has 64 heavy (non-hydrogen) atoms. The van der Waals surface area contributed by atoms with Gasteiger partial charge in [0.1, 0.15) is 11.2 Å². The van der Waals surface area contributed by atoms with Gasteiger partial charge in [0.25, 0.3) is 0 Å². The van der Waals surface area contributed by atoms with Crippen molar-refractivity contribution < 1.29 is 9.15 Å². The molecular weight excluding hydrogens is 787 g/mol. The fourth-order valence-electron chi connectivity index (χ4n) is 9.19. The molecule has 13 rings (SSSR count). The van der Waals surface area contributed by atoms with Crippen LogP contribution < -0.4 is 9.64 Å². The second-order valence-corrected chi connectivity index (χ2v) is 16.0. The van der Waals surface area contributed by atoms with E-state index in [2.05, 4.69) is 161 Å². The van der Waals surface area contributed by atoms with Gasteiger partial charge in [0.2, 0.25) is 5.95 Å². The second-order valence-electron chi connectivity index (χ2n) is 16.0. The van der Waals surface area contributed by atoms with Gasteiger partial charge in [0.05, 0.1) is 22.4 Å². The Morgan fingerprint density at radius 3 is 1.75 bits per heavy atom. The van der Waals surface area contributed by atoms with Crippen LogP contribution in [0.15, 0.2) is 217 Å². The van der Waals surface area contributed by atoms with Crippen LogP contribution in [0.3, 0.4) is 0 Å². The molecule has 1 aliphatic heterocycles. The first kappa shape index (κ1) is 35.9. The number of fused-ring (bicyclic) bond motifs is 8. The Bertz CT molecular complexity index is 3760. The summed E-state index contributed by atoms with van der Waals surface area (Å²) in [5.74, 6) is 3.34. The van der Waals surface area contributed by atoms with Crippen LogP contribution in [0.1, 0.15) is 0 Å². The molecule has 0 unspecified atom stereocenters. The quantitative estimate of drug-likeness (QED) is 0.166. The average Bonchev–Trinajstić information content (AvgIpc) is 3.91. The Morgan fingerprint density at radius 1 is 0.344 bits per heavy atom. The van der Waals surface area contributed by atoms with Crippen LogP contribution in [0, 0.1) is 0 Å². The molecule has 0 aliphatic carbocycles. The first-order valence-corrected chi connectivity index (χ1v) is 21.3. The molecule has 0 radical (unpaired) electrons. The van der Waals surface area contributed by atoms with E-state index in [1.807, 2.05) is 60.7 Å². The van der Waals surface area contributed by atoms with Gasteiger partial charge in [-0.1, -0.05) is 146 Å². The van der Waals surface area contributed by atoms with E-state index >= 15 is 0 Å². The number of para-hydroxylation sites is 4. The summed E-state index contributed by atoms with van der Waals surface area (Å²) in [6.07, 6.45) is 0. The topological polar surface area (TPSA) is 69.2 Å². The molecule has 1 aliphatic rings. The van der Waals surface area contributed by atoms with E-state index in [1.54, 1.807) is 0 Å². The van der Waals surface area contributed by atoms with Crippen LogP contribution in [0.4, 0.5) is 17.1 Å². The molecule has 4 heterocycles. The van der Waals surface area contributed by atoms with Crippen molar-refractivity contribution >= 4 is 60.8 Å². The number of furan rings is 1. The van der Waals surface area contributed by atoms with Crippen LogP contribution in [0.25, 0.3) is 94.7 Å². The summed E-state index contributed by atoms with van der Waals surface area (Å²) >= 11 is 0. The maximum atomic E-state index is 6.69. The molecule has 0 spiro atoms. The zero-order chi connectivity index (χ0) is 42.1. The van der Waals surface area contributed by atoms with E-state index in [4.69, 9.17) is 24.1 Å². The van der Waals surface area contributed by atoms with Gasteiger partial charge in [-0.25, -0.2) is 4.98 Å². The van der Waals surface area contributed by atoms with Crippen molar-refractivity contribution in [2.75, 3.05) is 4.90 Å². The molecule has 7 heteroatoms. The second kappa shape index (κ2) is 14.4. The number of hydrogen-bond acceptors (Lipinski definition) is 6. The van der Waals surface area contributed by atoms with E-state index in [9.17, 15) is 0 Å². The lowest BCUT2D eigenvalue weighted by atomic mass is 10.0. The van der Waals surface area contributed by atoms with Crippen molar-refractivity contribution in [3.8, 4) is 62.5 Å². The highest BCUT2D eigenvalue weighted by atomic mass is 16.5. The van der Waals surface area contributed by atoms with E-state index in [-0.39, 0.29) is 0 Å². The summed E-state index contributed by atoms with van der Waals surface area (Å²) in [7, 11) is 0. The zero-order valence-corrected chi connectivity index (χ0v) is 34.3. The number of nitrogens with zero attached hydrogens (tertiary/aromatic N) is 5. The molecule has 0 atom stereocenters. The number of ether oxygens (including phenoxy) is 1. The van der Waals surface area contributed by atoms with Crippen LogP contribution in [-0.2, 0) is 0 Å². The fourth-order valence-corrected chi connectivity index (χ4v) is 9.19. The highest BCUT2D eigenvalue weighted by Gasteiger charge is 2.27. The van der Waals surface area contributed by atoms with Crippen molar-refractivity contribution in [2.45, 2.75) is 0 Å². The monoisotopic (exact) mass is 821 g/mol. The smallest absolute Gasteiger partial charge is 0.238 e. The minimum atomic E-state index is 0.553. The number of rotatable bonds is 6. The Kier molecular flexibility index (Phi) is 8.08. The molecule has 7 nitrogen and oxygen atoms in total. The maximum absolute atomic E-state index is 6.69. The summed E-state index contributed by atoms with van der Waals surface area (Å²) < 4.78 is 15.0. The molecule has 0 N–H and O–H groups in total. The Labute approximate surface area is 367 Å². The summed E-state index contributed by atoms with van der Waals surface area (Å²) in [6.45, 7) is 0. The summed E-state index contributed by atoms with van der Waals surface area (Å²) in [6, 6.07) is 73.3. The maximum Gasteiger partial charge on any atom is 0.238 e. The largest absolute Gasteiger partial charge is 0.456 e. The molecule has 9 aromatic carbocycles. The molecule has 0 saturated heterocycles. The molecule has 3 aromatic heterocycles. The Morgan fingerprint density at radius 2 is 0.922 bits per heavy atom. The highest BCUT2D eigenvalue weighted by molar-refractivity contribution is 6.10. The Balaban J connectivity index is 0.926. The van der Waals surface area contributed by atoms with Gasteiger partial charge in [0.15, 0.2) is 23.1 Å². The molecule has 300 valence electrons. The molecule has 0 amide bonds. The minimum absolute atomic E-state index is 0.553. The zero-order valence-electron chi connectivity index (χ0n) is 34.3. The lowest BCUT2D eigenvalue weighted by Gasteiger charge is -2.33. The van der Waals surface area contributed by atoms with E-state index in [1.165, 1.54) is 0 Å². The van der Waals surface area contributed by atoms with Gasteiger partial charge in [-0.3, -0.25) is 4.57 Å². The highest BCUT2D eigenvalue weighted by Crippen LogP contribution is 2.52. The lowest BCUT2D eigenvalue weighted by Crippen LogP contribution is -2.15. The van der Waals surface area contributed by atoms with Crippen LogP contribution >= 0.6 is 0 Å². The molecule has 0 saturated carbocycles. The van der Waals surface area contributed by atoms with E-state index in [0.29, 0.717) is 17.6 Å². The predicted molar refractivity (Wildman–Crippen MR) is 258 cm³/mol. The Hall–Kier alpha value is -8.81. The van der Waals surface area contributed by atoms with Crippen molar-refractivity contribution in [2.24, 2.45) is 0 Å². The van der Waals surface area contributed by atoms with E-state index in [0.717, 1.165) is 106 Å². The number of aromatic nitrogens is 4. The summed E-state index contributed by atoms with van der Waals surface area (Å²) in [5, 5.41) is 4.36. The van der Waals surface area contributed by atoms with Gasteiger partial charge in [-0.2, -0.15) is 9.97 Å². The normalized spacial score (nSPS) is 12.2. The summed E-state index contributed by atoms with van der Waals surface area (Å²) in [5.41, 5.74) is 12.9. The average molecular weight is 822 g/mol. The fraction of sp³-hybridized carbons (Fsp3) is 0. The van der Waals surface area contributed by atoms with Crippen LogP contribution in [0.5, 0.6) is 11.5 Å². The standard InChI is InChI=1S/C57H35N5O2/c1-3-13-36(14-4-1)37-23-25-39(26-24-37)56-58-55(38-15-5-2-6-16-38)59-57(60-56)62-47-19-9-7-17-43(47)45-33-40(27-30-48(45)62)41-28-31-50-54(34-41)64-53-22-12-10-20-49(53)61(50)42-29-32-52-46(35-42)44-18-8-11-21-51(44)63-52/h1-35H. The first-order valence-electron chi connectivity index (χ1n) is 21.3. The third kappa shape index (κ3) is 5.86. The van der Waals surface area contributed by atoms with Crippen LogP contribution in [0.2, 0.25) is 0 Å². The summed E-state index contributed by atoms with van der Waals surface area (Å²) in [4.78, 5) is 17.7. The van der Waals surface area contributed by atoms with Crippen molar-refractivity contribution in [3.63, 3.8) is 0 Å². The number of benzene rings is 9. The molecule has 0 bridgehead atoms. The van der Waals surface area contributed by atoms with Gasteiger partial charge in [-0.15, -0.1) is 0 Å². The third-order valence-electron chi connectivity index (χ3n) is 12.3. The van der Waals surface area contributed by atoms with Crippen molar-refractivity contribution in [1.29, 1.82) is 0 Å². The van der Waals surface area contributed by atoms with Crippen molar-refractivity contribution in [1.82, 2.24) is 19.5 Å². The predicted octanol–water partition coefficient (Wildman–Crippen LogP) is 15.1. The lowest BCUT2D eigenvalue weighted by molar-refractivity contribution is 0.477. The first-order chi connectivity index (χ1) is 31.7.